The molecule has 2 N–H and O–H groups in total. The summed E-state index contributed by atoms with van der Waals surface area (Å²) in [5.74, 6) is 0.961. The van der Waals surface area contributed by atoms with Gasteiger partial charge in [0.2, 0.25) is 5.91 Å². The first-order chi connectivity index (χ1) is 8.41. The third-order valence-corrected chi connectivity index (χ3v) is 4.39. The van der Waals surface area contributed by atoms with Gasteiger partial charge < -0.3 is 10.6 Å². The predicted molar refractivity (Wildman–Crippen MR) is 83.4 cm³/mol. The summed E-state index contributed by atoms with van der Waals surface area (Å²) >= 11 is 8.94. The second-order valence-electron chi connectivity index (χ2n) is 5.67. The van der Waals surface area contributed by atoms with Crippen LogP contribution < -0.4 is 5.73 Å². The van der Waals surface area contributed by atoms with Gasteiger partial charge in [-0.15, -0.1) is 0 Å². The number of rotatable bonds is 7. The molecule has 0 spiro atoms. The highest BCUT2D eigenvalue weighted by Gasteiger charge is 2.44. The van der Waals surface area contributed by atoms with Crippen LogP contribution in [0.4, 0.5) is 0 Å². The van der Waals surface area contributed by atoms with Gasteiger partial charge in [0, 0.05) is 29.0 Å². The zero-order valence-corrected chi connectivity index (χ0v) is 13.2. The minimum atomic E-state index is -0.152. The molecule has 0 aromatic rings. The molecule has 5 heteroatoms. The summed E-state index contributed by atoms with van der Waals surface area (Å²) in [5.41, 5.74) is 5.49. The molecule has 18 heavy (non-hydrogen) atoms. The highest BCUT2D eigenvalue weighted by Crippen LogP contribution is 2.35. The van der Waals surface area contributed by atoms with Crippen molar-refractivity contribution >= 4 is 31.2 Å². The normalized spacial score (nSPS) is 24.9. The average Bonchev–Trinajstić information content (AvgIpc) is 2.61. The van der Waals surface area contributed by atoms with Gasteiger partial charge in [-0.3, -0.25) is 4.79 Å². The summed E-state index contributed by atoms with van der Waals surface area (Å²) in [4.78, 5) is 14.3. The van der Waals surface area contributed by atoms with Gasteiger partial charge in [0.1, 0.15) is 0 Å². The van der Waals surface area contributed by atoms with Crippen LogP contribution in [-0.4, -0.2) is 40.4 Å². The van der Waals surface area contributed by atoms with E-state index in [9.17, 15) is 4.79 Å². The first-order valence-corrected chi connectivity index (χ1v) is 7.83. The van der Waals surface area contributed by atoms with E-state index in [0.29, 0.717) is 5.75 Å². The highest BCUT2D eigenvalue weighted by atomic mass is 32.1. The molecule has 1 aliphatic rings. The van der Waals surface area contributed by atoms with E-state index in [-0.39, 0.29) is 22.6 Å². The number of hydrogen-bond acceptors (Lipinski definition) is 4. The summed E-state index contributed by atoms with van der Waals surface area (Å²) in [6.45, 7) is 5.73. The van der Waals surface area contributed by atoms with Crippen molar-refractivity contribution in [2.24, 2.45) is 11.7 Å². The Hall–Kier alpha value is 0.130. The second kappa shape index (κ2) is 7.06. The maximum atomic E-state index is 12.3. The molecule has 106 valence electrons. The van der Waals surface area contributed by atoms with Gasteiger partial charge in [0.15, 0.2) is 0 Å². The first kappa shape index (κ1) is 16.2. The van der Waals surface area contributed by atoms with Crippen molar-refractivity contribution in [1.29, 1.82) is 0 Å². The van der Waals surface area contributed by atoms with E-state index < -0.39 is 0 Å². The number of amides is 1. The predicted octanol–water partition coefficient (Wildman–Crippen LogP) is 1.97. The molecular weight excluding hydrogens is 264 g/mol. The molecule has 0 aromatic carbocycles. The fourth-order valence-corrected chi connectivity index (χ4v) is 3.13. The molecule has 3 nitrogen and oxygen atoms in total. The van der Waals surface area contributed by atoms with Crippen LogP contribution in [0.2, 0.25) is 0 Å². The van der Waals surface area contributed by atoms with Crippen LogP contribution >= 0.6 is 25.3 Å². The zero-order chi connectivity index (χ0) is 13.8. The van der Waals surface area contributed by atoms with Gasteiger partial charge in [-0.1, -0.05) is 6.42 Å². The monoisotopic (exact) mass is 290 g/mol. The molecule has 1 rings (SSSR count). The standard InChI is InChI=1S/C13H26N2OS2/c1-13(2,18)11-8-10(9-17)12(16)15(11)7-5-3-4-6-14/h10-11,17-18H,3-9,14H2,1-2H3/t10-,11+/m1/s1. The molecule has 1 fully saturated rings. The molecule has 0 saturated carbocycles. The zero-order valence-electron chi connectivity index (χ0n) is 11.4. The quantitative estimate of drug-likeness (QED) is 0.496. The lowest BCUT2D eigenvalue weighted by atomic mass is 9.97. The molecule has 0 aliphatic carbocycles. The number of nitrogens with zero attached hydrogens (tertiary/aromatic N) is 1. The van der Waals surface area contributed by atoms with Crippen LogP contribution in [0.1, 0.15) is 39.5 Å². The van der Waals surface area contributed by atoms with Crippen molar-refractivity contribution < 1.29 is 4.79 Å². The van der Waals surface area contributed by atoms with Crippen LogP contribution in [0.15, 0.2) is 0 Å². The topological polar surface area (TPSA) is 46.3 Å². The van der Waals surface area contributed by atoms with E-state index in [0.717, 1.165) is 38.8 Å². The molecule has 0 aromatic heterocycles. The van der Waals surface area contributed by atoms with Crippen LogP contribution in [0.25, 0.3) is 0 Å². The number of nitrogens with two attached hydrogens (primary N) is 1. The van der Waals surface area contributed by atoms with Crippen LogP contribution in [0.5, 0.6) is 0 Å². The summed E-state index contributed by atoms with van der Waals surface area (Å²) in [7, 11) is 0. The maximum Gasteiger partial charge on any atom is 0.226 e. The first-order valence-electron chi connectivity index (χ1n) is 6.75. The maximum absolute atomic E-state index is 12.3. The van der Waals surface area contributed by atoms with Gasteiger partial charge in [0.05, 0.1) is 0 Å². The van der Waals surface area contributed by atoms with Crippen molar-refractivity contribution in [3.8, 4) is 0 Å². The Morgan fingerprint density at radius 1 is 1.39 bits per heavy atom. The van der Waals surface area contributed by atoms with E-state index >= 15 is 0 Å². The van der Waals surface area contributed by atoms with Gasteiger partial charge in [-0.2, -0.15) is 25.3 Å². The molecule has 2 atom stereocenters. The Morgan fingerprint density at radius 3 is 2.56 bits per heavy atom. The molecule has 1 amide bonds. The molecule has 1 saturated heterocycles. The molecular formula is C13H26N2OS2. The van der Waals surface area contributed by atoms with Gasteiger partial charge in [-0.05, 0) is 39.7 Å². The summed E-state index contributed by atoms with van der Waals surface area (Å²) < 4.78 is -0.152. The van der Waals surface area contributed by atoms with Crippen molar-refractivity contribution in [3.05, 3.63) is 0 Å². The van der Waals surface area contributed by atoms with Crippen molar-refractivity contribution in [2.75, 3.05) is 18.8 Å². The van der Waals surface area contributed by atoms with Crippen molar-refractivity contribution in [3.63, 3.8) is 0 Å². The van der Waals surface area contributed by atoms with E-state index in [1.807, 2.05) is 4.90 Å². The van der Waals surface area contributed by atoms with Crippen molar-refractivity contribution in [2.45, 2.75) is 50.3 Å². The van der Waals surface area contributed by atoms with Crippen LogP contribution in [0, 0.1) is 5.92 Å². The number of unbranched alkanes of at least 4 members (excludes halogenated alkanes) is 2. The van der Waals surface area contributed by atoms with Crippen LogP contribution in [0.3, 0.4) is 0 Å². The fourth-order valence-electron chi connectivity index (χ4n) is 2.58. The Kier molecular flexibility index (Phi) is 6.35. The van der Waals surface area contributed by atoms with E-state index in [4.69, 9.17) is 5.73 Å². The third kappa shape index (κ3) is 4.07. The molecule has 0 bridgehead atoms. The number of likely N-dealkylation sites (tertiary alicyclic amines) is 1. The van der Waals surface area contributed by atoms with Crippen LogP contribution in [-0.2, 0) is 4.79 Å². The average molecular weight is 290 g/mol. The second-order valence-corrected chi connectivity index (χ2v) is 7.18. The highest BCUT2D eigenvalue weighted by molar-refractivity contribution is 7.81. The van der Waals surface area contributed by atoms with E-state index in [1.165, 1.54) is 0 Å². The fraction of sp³-hybridized carbons (Fsp3) is 0.923. The van der Waals surface area contributed by atoms with Crippen molar-refractivity contribution in [1.82, 2.24) is 4.90 Å². The van der Waals surface area contributed by atoms with Gasteiger partial charge in [0.25, 0.3) is 0 Å². The lowest BCUT2D eigenvalue weighted by Crippen LogP contribution is -2.44. The Labute approximate surface area is 122 Å². The molecule has 1 heterocycles. The van der Waals surface area contributed by atoms with Gasteiger partial charge in [-0.25, -0.2) is 0 Å². The Morgan fingerprint density at radius 2 is 2.06 bits per heavy atom. The van der Waals surface area contributed by atoms with E-state index in [1.54, 1.807) is 0 Å². The van der Waals surface area contributed by atoms with E-state index in [2.05, 4.69) is 39.1 Å². The number of carbonyl (C=O) groups excluding carboxylic acids is 1. The molecule has 0 unspecified atom stereocenters. The smallest absolute Gasteiger partial charge is 0.226 e. The van der Waals surface area contributed by atoms with Gasteiger partial charge >= 0.3 is 0 Å². The Balaban J connectivity index is 2.61. The molecule has 1 aliphatic heterocycles. The SMILES string of the molecule is CC(C)(S)[C@@H]1C[C@H](CS)C(=O)N1CCCCCN. The largest absolute Gasteiger partial charge is 0.338 e. The molecule has 0 radical (unpaired) electrons. The lowest BCUT2D eigenvalue weighted by Gasteiger charge is -2.34. The summed E-state index contributed by atoms with van der Waals surface area (Å²) in [6.07, 6.45) is 4.04. The number of hydrogen-bond donors (Lipinski definition) is 3. The number of carbonyl (C=O) groups is 1. The lowest BCUT2D eigenvalue weighted by molar-refractivity contribution is -0.131. The summed E-state index contributed by atoms with van der Waals surface area (Å²) in [5, 5.41) is 0. The third-order valence-electron chi connectivity index (χ3n) is 3.66. The minimum absolute atomic E-state index is 0.0688. The summed E-state index contributed by atoms with van der Waals surface area (Å²) in [6, 6.07) is 0.225. The number of thiol groups is 2. The minimum Gasteiger partial charge on any atom is -0.338 e. The Bertz CT molecular complexity index is 279.